The van der Waals surface area contributed by atoms with E-state index in [4.69, 9.17) is 5.73 Å². The van der Waals surface area contributed by atoms with Gasteiger partial charge in [0.05, 0.1) is 5.41 Å². The number of carbonyl (C=O) groups excluding carboxylic acids is 2. The molecule has 2 amide bonds. The molecule has 0 radical (unpaired) electrons. The summed E-state index contributed by atoms with van der Waals surface area (Å²) in [5.74, 6) is -0.407. The number of carbonyl (C=O) groups is 2. The molecule has 1 aliphatic rings. The predicted octanol–water partition coefficient (Wildman–Crippen LogP) is 0.299. The van der Waals surface area contributed by atoms with Crippen LogP contribution in [0.3, 0.4) is 0 Å². The molecule has 0 spiro atoms. The summed E-state index contributed by atoms with van der Waals surface area (Å²) in [4.78, 5) is 23.4. The van der Waals surface area contributed by atoms with E-state index in [2.05, 4.69) is 10.6 Å². The third-order valence-electron chi connectivity index (χ3n) is 3.88. The summed E-state index contributed by atoms with van der Waals surface area (Å²) < 4.78 is 0. The average molecular weight is 275 g/mol. The summed E-state index contributed by atoms with van der Waals surface area (Å²) in [7, 11) is 0. The number of piperidine rings is 1. The number of benzene rings is 1. The number of hydrogen-bond donors (Lipinski definition) is 3. The summed E-state index contributed by atoms with van der Waals surface area (Å²) in [5, 5.41) is 6.14. The topological polar surface area (TPSA) is 84.2 Å². The number of nitrogens with one attached hydrogen (secondary N) is 2. The van der Waals surface area contributed by atoms with Gasteiger partial charge in [0, 0.05) is 13.0 Å². The van der Waals surface area contributed by atoms with Crippen LogP contribution in [0, 0.1) is 0 Å². The molecule has 4 N–H and O–H groups in total. The van der Waals surface area contributed by atoms with E-state index in [1.165, 1.54) is 0 Å². The van der Waals surface area contributed by atoms with E-state index < -0.39 is 11.3 Å². The number of hydrogen-bond acceptors (Lipinski definition) is 3. The molecule has 1 heterocycles. The molecular weight excluding hydrogens is 254 g/mol. The van der Waals surface area contributed by atoms with Crippen molar-refractivity contribution in [1.82, 2.24) is 10.6 Å². The molecule has 5 nitrogen and oxygen atoms in total. The summed E-state index contributed by atoms with van der Waals surface area (Å²) >= 11 is 0. The second-order valence-corrected chi connectivity index (χ2v) is 5.17. The van der Waals surface area contributed by atoms with Gasteiger partial charge >= 0.3 is 0 Å². The van der Waals surface area contributed by atoms with Gasteiger partial charge in [0.25, 0.3) is 0 Å². The van der Waals surface area contributed by atoms with Crippen LogP contribution < -0.4 is 16.4 Å². The van der Waals surface area contributed by atoms with Crippen LogP contribution in [0.5, 0.6) is 0 Å². The molecule has 0 aromatic heterocycles. The molecule has 0 saturated carbocycles. The highest BCUT2D eigenvalue weighted by Crippen LogP contribution is 2.33. The third kappa shape index (κ3) is 3.17. The Morgan fingerprint density at radius 1 is 1.20 bits per heavy atom. The van der Waals surface area contributed by atoms with Crippen LogP contribution in [0.1, 0.15) is 24.8 Å². The van der Waals surface area contributed by atoms with E-state index in [-0.39, 0.29) is 12.3 Å². The molecule has 1 aromatic carbocycles. The fourth-order valence-electron chi connectivity index (χ4n) is 2.73. The fourth-order valence-corrected chi connectivity index (χ4v) is 2.73. The van der Waals surface area contributed by atoms with Gasteiger partial charge in [-0.2, -0.15) is 0 Å². The molecule has 1 saturated heterocycles. The van der Waals surface area contributed by atoms with Gasteiger partial charge in [-0.25, -0.2) is 0 Å². The Balaban J connectivity index is 2.15. The van der Waals surface area contributed by atoms with Crippen LogP contribution >= 0.6 is 0 Å². The van der Waals surface area contributed by atoms with Crippen molar-refractivity contribution in [1.29, 1.82) is 0 Å². The van der Waals surface area contributed by atoms with Gasteiger partial charge in [-0.3, -0.25) is 9.59 Å². The maximum Gasteiger partial charge on any atom is 0.230 e. The molecule has 0 bridgehead atoms. The van der Waals surface area contributed by atoms with Gasteiger partial charge in [0.2, 0.25) is 11.8 Å². The highest BCUT2D eigenvalue weighted by atomic mass is 16.2. The number of rotatable bonds is 5. The van der Waals surface area contributed by atoms with Crippen molar-refractivity contribution < 1.29 is 9.59 Å². The minimum absolute atomic E-state index is 0.00792. The summed E-state index contributed by atoms with van der Waals surface area (Å²) in [6.07, 6.45) is 1.70. The molecule has 0 aliphatic carbocycles. The van der Waals surface area contributed by atoms with Crippen molar-refractivity contribution in [2.75, 3.05) is 19.6 Å². The number of amides is 2. The lowest BCUT2D eigenvalue weighted by Crippen LogP contribution is -2.51. The molecule has 2 rings (SSSR count). The van der Waals surface area contributed by atoms with Gasteiger partial charge < -0.3 is 16.4 Å². The Morgan fingerprint density at radius 2 is 1.85 bits per heavy atom. The van der Waals surface area contributed by atoms with Gasteiger partial charge in [0.1, 0.15) is 0 Å². The first-order valence-electron chi connectivity index (χ1n) is 6.98. The van der Waals surface area contributed by atoms with Crippen LogP contribution in [0.4, 0.5) is 0 Å². The molecule has 20 heavy (non-hydrogen) atoms. The van der Waals surface area contributed by atoms with Crippen molar-refractivity contribution in [3.63, 3.8) is 0 Å². The molecule has 1 aliphatic heterocycles. The highest BCUT2D eigenvalue weighted by molar-refractivity contribution is 5.88. The second-order valence-electron chi connectivity index (χ2n) is 5.17. The molecule has 1 aromatic rings. The molecule has 108 valence electrons. The Hall–Kier alpha value is -1.88. The zero-order chi connectivity index (χ0) is 14.4. The molecule has 0 atom stereocenters. The molecule has 5 heteroatoms. The summed E-state index contributed by atoms with van der Waals surface area (Å²) in [6.45, 7) is 1.94. The lowest BCUT2D eigenvalue weighted by molar-refractivity contribution is -0.128. The Kier molecular flexibility index (Phi) is 4.74. The maximum absolute atomic E-state index is 12.6. The van der Waals surface area contributed by atoms with E-state index in [1.807, 2.05) is 30.3 Å². The van der Waals surface area contributed by atoms with Crippen molar-refractivity contribution in [2.45, 2.75) is 24.7 Å². The maximum atomic E-state index is 12.6. The van der Waals surface area contributed by atoms with E-state index in [9.17, 15) is 9.59 Å². The lowest BCUT2D eigenvalue weighted by Gasteiger charge is -2.36. The average Bonchev–Trinajstić information content (AvgIpc) is 2.48. The number of nitrogens with two attached hydrogens (primary N) is 1. The normalized spacial score (nSPS) is 17.4. The number of primary amides is 1. The Morgan fingerprint density at radius 3 is 2.45 bits per heavy atom. The smallest absolute Gasteiger partial charge is 0.230 e. The fraction of sp³-hybridized carbons (Fsp3) is 0.467. The van der Waals surface area contributed by atoms with Crippen molar-refractivity contribution in [2.24, 2.45) is 5.73 Å². The lowest BCUT2D eigenvalue weighted by atomic mass is 9.72. The van der Waals surface area contributed by atoms with Crippen molar-refractivity contribution >= 4 is 11.8 Å². The standard InChI is InChI=1S/C15H21N3O2/c16-13(19)6-9-18-14(20)15(7-10-17-11-8-15)12-4-2-1-3-5-12/h1-5,17H,6-11H2,(H2,16,19)(H,18,20). The monoisotopic (exact) mass is 275 g/mol. The van der Waals surface area contributed by atoms with Crippen LogP contribution in [0.25, 0.3) is 0 Å². The van der Waals surface area contributed by atoms with Crippen LogP contribution in [-0.4, -0.2) is 31.4 Å². The first-order chi connectivity index (χ1) is 9.65. The first kappa shape index (κ1) is 14.5. The Labute approximate surface area is 118 Å². The minimum Gasteiger partial charge on any atom is -0.370 e. The molecule has 0 unspecified atom stereocenters. The largest absolute Gasteiger partial charge is 0.370 e. The van der Waals surface area contributed by atoms with Crippen LogP contribution in [0.15, 0.2) is 30.3 Å². The molecular formula is C15H21N3O2. The summed E-state index contributed by atoms with van der Waals surface area (Å²) in [6, 6.07) is 9.85. The van der Waals surface area contributed by atoms with E-state index >= 15 is 0 Å². The first-order valence-corrected chi connectivity index (χ1v) is 6.98. The summed E-state index contributed by atoms with van der Waals surface area (Å²) in [5.41, 5.74) is 5.64. The molecule has 1 fully saturated rings. The van der Waals surface area contributed by atoms with E-state index in [0.717, 1.165) is 31.5 Å². The van der Waals surface area contributed by atoms with Crippen LogP contribution in [0.2, 0.25) is 0 Å². The van der Waals surface area contributed by atoms with Gasteiger partial charge in [-0.15, -0.1) is 0 Å². The van der Waals surface area contributed by atoms with Gasteiger partial charge in [0.15, 0.2) is 0 Å². The van der Waals surface area contributed by atoms with Gasteiger partial charge in [-0.05, 0) is 31.5 Å². The van der Waals surface area contributed by atoms with Crippen molar-refractivity contribution in [3.05, 3.63) is 35.9 Å². The van der Waals surface area contributed by atoms with E-state index in [1.54, 1.807) is 0 Å². The highest BCUT2D eigenvalue weighted by Gasteiger charge is 2.40. The predicted molar refractivity (Wildman–Crippen MR) is 77.0 cm³/mol. The van der Waals surface area contributed by atoms with Crippen LogP contribution in [-0.2, 0) is 15.0 Å². The Bertz CT molecular complexity index is 467. The van der Waals surface area contributed by atoms with Gasteiger partial charge in [-0.1, -0.05) is 30.3 Å². The SMILES string of the molecule is NC(=O)CCNC(=O)C1(c2ccccc2)CCNCC1. The third-order valence-corrected chi connectivity index (χ3v) is 3.88. The zero-order valence-corrected chi connectivity index (χ0v) is 11.5. The second kappa shape index (κ2) is 6.52. The van der Waals surface area contributed by atoms with Crippen molar-refractivity contribution in [3.8, 4) is 0 Å². The quantitative estimate of drug-likeness (QED) is 0.722. The zero-order valence-electron chi connectivity index (χ0n) is 11.5. The van der Waals surface area contributed by atoms with E-state index in [0.29, 0.717) is 6.54 Å². The minimum atomic E-state index is -0.496.